The Kier molecular flexibility index (Phi) is 8.61. The third-order valence-electron chi connectivity index (χ3n) is 11.6. The highest BCUT2D eigenvalue weighted by atomic mass is 32.1. The molecule has 0 aliphatic rings. The molecule has 0 spiro atoms. The van der Waals surface area contributed by atoms with Crippen molar-refractivity contribution in [3.63, 3.8) is 0 Å². The fourth-order valence-electron chi connectivity index (χ4n) is 8.68. The van der Waals surface area contributed by atoms with Gasteiger partial charge >= 0.3 is 0 Å². The molecule has 4 aromatic heterocycles. The van der Waals surface area contributed by atoms with Crippen LogP contribution in [0.1, 0.15) is 0 Å². The average molecular weight is 810 g/mol. The highest BCUT2D eigenvalue weighted by Crippen LogP contribution is 2.42. The second-order valence-electron chi connectivity index (χ2n) is 15.5. The van der Waals surface area contributed by atoms with Gasteiger partial charge in [0.15, 0.2) is 17.5 Å². The summed E-state index contributed by atoms with van der Waals surface area (Å²) in [6.07, 6.45) is 0. The molecule has 290 valence electrons. The zero-order valence-electron chi connectivity index (χ0n) is 33.4. The topological polar surface area (TPSA) is 56.0 Å². The number of thiophene rings is 1. The first-order chi connectivity index (χ1) is 30.7. The maximum absolute atomic E-state index is 5.48. The fourth-order valence-corrected chi connectivity index (χ4v) is 9.83. The van der Waals surface area contributed by atoms with Crippen LogP contribution >= 0.6 is 11.3 Å². The Labute approximate surface area is 361 Å². The molecule has 4 heterocycles. The molecule has 0 atom stereocenters. The van der Waals surface area contributed by atoms with Gasteiger partial charge in [-0.05, 0) is 52.4 Å². The first-order valence-corrected chi connectivity index (χ1v) is 21.5. The van der Waals surface area contributed by atoms with Crippen LogP contribution in [0.4, 0.5) is 0 Å². The van der Waals surface area contributed by atoms with E-state index in [9.17, 15) is 0 Å². The minimum absolute atomic E-state index is 0.591. The second-order valence-corrected chi connectivity index (χ2v) is 16.6. The smallest absolute Gasteiger partial charge is 0.164 e. The number of hydrogen-bond donors (Lipinski definition) is 0. The SMILES string of the molecule is c1ccc(-c2nc(-c3cccc(-c4ccc5c(c4)sc4ccccc45)c3)nc(-c3cccc(-c4nn5c(-c6ccccc6)cc6ccccc6c5c4-c4ccccc4)c3)n2)cc1. The molecule has 0 fully saturated rings. The van der Waals surface area contributed by atoms with E-state index in [1.165, 1.54) is 20.2 Å². The summed E-state index contributed by atoms with van der Waals surface area (Å²) in [4.78, 5) is 15.5. The van der Waals surface area contributed by atoms with Gasteiger partial charge in [-0.15, -0.1) is 11.3 Å². The van der Waals surface area contributed by atoms with Gasteiger partial charge in [0.2, 0.25) is 0 Å². The summed E-state index contributed by atoms with van der Waals surface area (Å²) in [5.74, 6) is 1.82. The van der Waals surface area contributed by atoms with Crippen LogP contribution in [0.3, 0.4) is 0 Å². The number of benzene rings is 8. The predicted molar refractivity (Wildman–Crippen MR) is 257 cm³/mol. The summed E-state index contributed by atoms with van der Waals surface area (Å²) in [6, 6.07) is 74.5. The van der Waals surface area contributed by atoms with Gasteiger partial charge in [0, 0.05) is 58.9 Å². The lowest BCUT2D eigenvalue weighted by atomic mass is 9.96. The lowest BCUT2D eigenvalue weighted by Crippen LogP contribution is -2.00. The normalized spacial score (nSPS) is 11.5. The molecule has 8 aromatic carbocycles. The largest absolute Gasteiger partial charge is 0.231 e. The molecule has 0 bridgehead atoms. The van der Waals surface area contributed by atoms with Gasteiger partial charge in [-0.25, -0.2) is 19.5 Å². The Hall–Kier alpha value is -8.06. The summed E-state index contributed by atoms with van der Waals surface area (Å²) in [7, 11) is 0. The number of aromatic nitrogens is 5. The van der Waals surface area contributed by atoms with E-state index < -0.39 is 0 Å². The van der Waals surface area contributed by atoms with E-state index in [1.54, 1.807) is 0 Å². The number of nitrogens with zero attached hydrogens (tertiary/aromatic N) is 5. The Bertz CT molecular complexity index is 3630. The first kappa shape index (κ1) is 35.8. The molecule has 12 aromatic rings. The van der Waals surface area contributed by atoms with Gasteiger partial charge in [0.05, 0.1) is 11.2 Å². The number of pyridine rings is 1. The summed E-state index contributed by atoms with van der Waals surface area (Å²) >= 11 is 1.83. The van der Waals surface area contributed by atoms with Crippen LogP contribution in [-0.2, 0) is 0 Å². The third kappa shape index (κ3) is 6.24. The molecule has 5 nitrogen and oxygen atoms in total. The van der Waals surface area contributed by atoms with Crippen LogP contribution in [0.15, 0.2) is 212 Å². The van der Waals surface area contributed by atoms with Crippen LogP contribution < -0.4 is 0 Å². The van der Waals surface area contributed by atoms with Crippen molar-refractivity contribution < 1.29 is 0 Å². The fraction of sp³-hybridized carbons (Fsp3) is 0. The maximum Gasteiger partial charge on any atom is 0.164 e. The molecule has 0 saturated carbocycles. The van der Waals surface area contributed by atoms with Gasteiger partial charge in [0.25, 0.3) is 0 Å². The molecular weight excluding hydrogens is 775 g/mol. The number of hydrogen-bond acceptors (Lipinski definition) is 5. The van der Waals surface area contributed by atoms with E-state index in [1.807, 2.05) is 41.7 Å². The summed E-state index contributed by atoms with van der Waals surface area (Å²) < 4.78 is 4.70. The molecule has 0 unspecified atom stereocenters. The van der Waals surface area contributed by atoms with E-state index in [2.05, 4.69) is 187 Å². The minimum Gasteiger partial charge on any atom is -0.231 e. The van der Waals surface area contributed by atoms with Crippen LogP contribution in [0.25, 0.3) is 115 Å². The molecule has 62 heavy (non-hydrogen) atoms. The van der Waals surface area contributed by atoms with E-state index >= 15 is 0 Å². The van der Waals surface area contributed by atoms with Crippen molar-refractivity contribution >= 4 is 47.8 Å². The standard InChI is InChI=1S/C56H35N5S/c1-4-16-36(17-5-1)48-34-41-22-10-11-27-45(41)53-51(37-18-6-2-7-19-37)52(60-61(48)53)42-24-15-26-44(33-42)56-58-54(38-20-8-3-9-21-38)57-55(59-56)43-25-14-23-39(32-43)40-30-31-47-46-28-12-13-29-49(46)62-50(47)35-40/h1-35H. The van der Waals surface area contributed by atoms with Gasteiger partial charge < -0.3 is 0 Å². The van der Waals surface area contributed by atoms with Crippen LogP contribution in [0.5, 0.6) is 0 Å². The van der Waals surface area contributed by atoms with Crippen LogP contribution in [-0.4, -0.2) is 24.6 Å². The summed E-state index contributed by atoms with van der Waals surface area (Å²) in [5.41, 5.74) is 12.2. The number of fused-ring (bicyclic) bond motifs is 6. The highest BCUT2D eigenvalue weighted by molar-refractivity contribution is 7.25. The third-order valence-corrected chi connectivity index (χ3v) is 12.8. The van der Waals surface area contributed by atoms with Gasteiger partial charge in [-0.3, -0.25) is 0 Å². The Morgan fingerprint density at radius 3 is 1.58 bits per heavy atom. The van der Waals surface area contributed by atoms with E-state index in [4.69, 9.17) is 20.1 Å². The molecule has 0 amide bonds. The van der Waals surface area contributed by atoms with Gasteiger partial charge in [-0.2, -0.15) is 5.10 Å². The average Bonchev–Trinajstić information content (AvgIpc) is 3.94. The molecule has 12 rings (SSSR count). The van der Waals surface area contributed by atoms with Gasteiger partial charge in [-0.1, -0.05) is 182 Å². The van der Waals surface area contributed by atoms with E-state index in [0.29, 0.717) is 17.5 Å². The van der Waals surface area contributed by atoms with Crippen molar-refractivity contribution in [2.24, 2.45) is 0 Å². The molecule has 0 aliphatic carbocycles. The molecular formula is C56H35N5S. The Morgan fingerprint density at radius 2 is 0.855 bits per heavy atom. The number of rotatable bonds is 7. The summed E-state index contributed by atoms with van der Waals surface area (Å²) in [5, 5.41) is 10.4. The lowest BCUT2D eigenvalue weighted by Gasteiger charge is -2.11. The molecule has 0 N–H and O–H groups in total. The quantitative estimate of drug-likeness (QED) is 0.161. The van der Waals surface area contributed by atoms with Gasteiger partial charge in [0.1, 0.15) is 5.69 Å². The monoisotopic (exact) mass is 809 g/mol. The van der Waals surface area contributed by atoms with Crippen molar-refractivity contribution in [3.05, 3.63) is 212 Å². The Balaban J connectivity index is 1.03. The summed E-state index contributed by atoms with van der Waals surface area (Å²) in [6.45, 7) is 0. The zero-order chi connectivity index (χ0) is 41.0. The molecule has 0 aliphatic heterocycles. The van der Waals surface area contributed by atoms with Crippen molar-refractivity contribution in [2.45, 2.75) is 0 Å². The van der Waals surface area contributed by atoms with E-state index in [0.717, 1.165) is 77.7 Å². The van der Waals surface area contributed by atoms with Crippen molar-refractivity contribution in [1.82, 2.24) is 24.6 Å². The molecule has 0 radical (unpaired) electrons. The van der Waals surface area contributed by atoms with E-state index in [-0.39, 0.29) is 0 Å². The first-order valence-electron chi connectivity index (χ1n) is 20.7. The Morgan fingerprint density at radius 1 is 0.339 bits per heavy atom. The highest BCUT2D eigenvalue weighted by Gasteiger charge is 2.22. The maximum atomic E-state index is 5.48. The van der Waals surface area contributed by atoms with Crippen LogP contribution in [0, 0.1) is 0 Å². The second kappa shape index (κ2) is 14.9. The molecule has 0 saturated heterocycles. The molecule has 6 heteroatoms. The van der Waals surface area contributed by atoms with Crippen molar-refractivity contribution in [2.75, 3.05) is 0 Å². The minimum atomic E-state index is 0.591. The van der Waals surface area contributed by atoms with Crippen molar-refractivity contribution in [3.8, 4) is 78.9 Å². The van der Waals surface area contributed by atoms with Crippen LogP contribution in [0.2, 0.25) is 0 Å². The lowest BCUT2D eigenvalue weighted by molar-refractivity contribution is 0.979. The zero-order valence-corrected chi connectivity index (χ0v) is 34.2. The predicted octanol–water partition coefficient (Wildman–Crippen LogP) is 14.7. The van der Waals surface area contributed by atoms with Crippen molar-refractivity contribution in [1.29, 1.82) is 0 Å².